The summed E-state index contributed by atoms with van der Waals surface area (Å²) in [5.74, 6) is 0.245. The highest BCUT2D eigenvalue weighted by molar-refractivity contribution is 5.77. The number of aromatic nitrogens is 2. The Kier molecular flexibility index (Phi) is 3.62. The Morgan fingerprint density at radius 1 is 1.42 bits per heavy atom. The van der Waals surface area contributed by atoms with Gasteiger partial charge in [0.25, 0.3) is 0 Å². The number of nitrogens with zero attached hydrogens (tertiary/aromatic N) is 3. The van der Waals surface area contributed by atoms with Crippen molar-refractivity contribution in [2.75, 3.05) is 7.11 Å². The van der Waals surface area contributed by atoms with E-state index in [-0.39, 0.29) is 17.3 Å². The molecule has 1 unspecified atom stereocenters. The van der Waals surface area contributed by atoms with Crippen LogP contribution in [0.5, 0.6) is 11.6 Å². The summed E-state index contributed by atoms with van der Waals surface area (Å²) in [6.07, 6.45) is 0. The molecule has 2 aromatic rings. The number of hydrogen-bond acceptors (Lipinski definition) is 6. The molecule has 2 heterocycles. The van der Waals surface area contributed by atoms with Crippen molar-refractivity contribution in [2.45, 2.75) is 12.8 Å². The Morgan fingerprint density at radius 3 is 2.62 bits per heavy atom. The third-order valence-electron chi connectivity index (χ3n) is 3.89. The molecule has 1 aromatic heterocycles. The van der Waals surface area contributed by atoms with Crippen molar-refractivity contribution < 1.29 is 14.3 Å². The van der Waals surface area contributed by atoms with Crippen molar-refractivity contribution in [3.8, 4) is 17.7 Å². The van der Waals surface area contributed by atoms with Gasteiger partial charge in [-0.2, -0.15) is 10.4 Å². The monoisotopic (exact) mass is 325 g/mol. The molecule has 122 valence electrons. The summed E-state index contributed by atoms with van der Waals surface area (Å²) in [7, 11) is 1.57. The van der Waals surface area contributed by atoms with Crippen LogP contribution in [0.4, 0.5) is 4.79 Å². The molecule has 1 amide bonds. The van der Waals surface area contributed by atoms with Gasteiger partial charge >= 0.3 is 6.03 Å². The quantitative estimate of drug-likeness (QED) is 0.857. The molecule has 8 nitrogen and oxygen atoms in total. The van der Waals surface area contributed by atoms with E-state index in [0.717, 1.165) is 10.2 Å². The van der Waals surface area contributed by atoms with Gasteiger partial charge in [0.05, 0.1) is 24.3 Å². The zero-order valence-electron chi connectivity index (χ0n) is 13.1. The molecule has 4 N–H and O–H groups in total. The molecule has 0 spiro atoms. The van der Waals surface area contributed by atoms with Crippen molar-refractivity contribution in [1.29, 1.82) is 5.26 Å². The summed E-state index contributed by atoms with van der Waals surface area (Å²) < 4.78 is 11.6. The molecule has 0 saturated heterocycles. The van der Waals surface area contributed by atoms with Crippen molar-refractivity contribution >= 4 is 6.03 Å². The van der Waals surface area contributed by atoms with Gasteiger partial charge in [0.1, 0.15) is 17.4 Å². The van der Waals surface area contributed by atoms with Gasteiger partial charge in [0.15, 0.2) is 0 Å². The fourth-order valence-electron chi connectivity index (χ4n) is 2.79. The van der Waals surface area contributed by atoms with Crippen LogP contribution in [0.1, 0.15) is 22.7 Å². The van der Waals surface area contributed by atoms with E-state index in [1.165, 1.54) is 0 Å². The second-order valence-corrected chi connectivity index (χ2v) is 5.25. The highest BCUT2D eigenvalue weighted by Crippen LogP contribution is 2.43. The average molecular weight is 325 g/mol. The second-order valence-electron chi connectivity index (χ2n) is 5.25. The van der Waals surface area contributed by atoms with Crippen LogP contribution in [-0.2, 0) is 0 Å². The average Bonchev–Trinajstić information content (AvgIpc) is 2.90. The molecule has 0 radical (unpaired) electrons. The SMILES string of the molecule is COc1ccc(C2C(C#N)=C(N)Oc3c2c(C)nn3C(N)=O)cc1. The molecule has 1 aromatic carbocycles. The van der Waals surface area contributed by atoms with Gasteiger partial charge in [-0.05, 0) is 24.6 Å². The first-order valence-corrected chi connectivity index (χ1v) is 7.08. The molecule has 0 bridgehead atoms. The predicted octanol–water partition coefficient (Wildman–Crippen LogP) is 1.35. The number of ether oxygens (including phenoxy) is 2. The first kappa shape index (κ1) is 15.4. The van der Waals surface area contributed by atoms with Crippen LogP contribution in [-0.4, -0.2) is 22.9 Å². The van der Waals surface area contributed by atoms with E-state index < -0.39 is 11.9 Å². The number of fused-ring (bicyclic) bond motifs is 1. The number of rotatable bonds is 2. The number of primary amides is 1. The van der Waals surface area contributed by atoms with Gasteiger partial charge in [-0.3, -0.25) is 0 Å². The largest absolute Gasteiger partial charge is 0.497 e. The Hall–Kier alpha value is -3.47. The molecule has 0 fully saturated rings. The van der Waals surface area contributed by atoms with Crippen LogP contribution in [0.15, 0.2) is 35.7 Å². The first-order chi connectivity index (χ1) is 11.5. The summed E-state index contributed by atoms with van der Waals surface area (Å²) in [5, 5.41) is 13.6. The van der Waals surface area contributed by atoms with Gasteiger partial charge in [-0.25, -0.2) is 4.79 Å². The van der Waals surface area contributed by atoms with E-state index in [4.69, 9.17) is 20.9 Å². The number of allylic oxidation sites excluding steroid dienone is 1. The summed E-state index contributed by atoms with van der Waals surface area (Å²) in [5.41, 5.74) is 13.4. The highest BCUT2D eigenvalue weighted by Gasteiger charge is 2.36. The third-order valence-corrected chi connectivity index (χ3v) is 3.89. The third kappa shape index (κ3) is 2.23. The number of methoxy groups -OCH3 is 1. The highest BCUT2D eigenvalue weighted by atomic mass is 16.5. The maximum Gasteiger partial charge on any atom is 0.342 e. The predicted molar refractivity (Wildman–Crippen MR) is 84.2 cm³/mol. The number of hydrogen-bond donors (Lipinski definition) is 2. The Bertz CT molecular complexity index is 890. The molecule has 24 heavy (non-hydrogen) atoms. The number of amides is 1. The number of benzene rings is 1. The second kappa shape index (κ2) is 5.62. The molecule has 1 atom stereocenters. The molecule has 1 aliphatic heterocycles. The van der Waals surface area contributed by atoms with Crippen LogP contribution >= 0.6 is 0 Å². The molecular formula is C16H15N5O3. The topological polar surface area (TPSA) is 129 Å². The summed E-state index contributed by atoms with van der Waals surface area (Å²) in [4.78, 5) is 11.6. The maximum atomic E-state index is 11.6. The van der Waals surface area contributed by atoms with E-state index in [2.05, 4.69) is 11.2 Å². The Morgan fingerprint density at radius 2 is 2.08 bits per heavy atom. The maximum absolute atomic E-state index is 11.6. The van der Waals surface area contributed by atoms with E-state index in [9.17, 15) is 10.1 Å². The van der Waals surface area contributed by atoms with Crippen molar-refractivity contribution in [3.63, 3.8) is 0 Å². The molecule has 0 aliphatic carbocycles. The number of carbonyl (C=O) groups is 1. The van der Waals surface area contributed by atoms with Gasteiger partial charge in [0.2, 0.25) is 11.8 Å². The van der Waals surface area contributed by atoms with Crippen LogP contribution in [0, 0.1) is 18.3 Å². The van der Waals surface area contributed by atoms with E-state index in [1.54, 1.807) is 26.2 Å². The van der Waals surface area contributed by atoms with Crippen LogP contribution in [0.3, 0.4) is 0 Å². The normalized spacial score (nSPS) is 16.1. The minimum Gasteiger partial charge on any atom is -0.497 e. The van der Waals surface area contributed by atoms with Gasteiger partial charge < -0.3 is 20.9 Å². The molecule has 3 rings (SSSR count). The molecular weight excluding hydrogens is 310 g/mol. The minimum atomic E-state index is -0.791. The number of carbonyl (C=O) groups excluding carboxylic acids is 1. The molecule has 1 aliphatic rings. The molecule has 0 saturated carbocycles. The first-order valence-electron chi connectivity index (χ1n) is 7.08. The zero-order chi connectivity index (χ0) is 17.4. The van der Waals surface area contributed by atoms with E-state index >= 15 is 0 Å². The fraction of sp³-hybridized carbons (Fsp3) is 0.188. The summed E-state index contributed by atoms with van der Waals surface area (Å²) >= 11 is 0. The fourth-order valence-corrected chi connectivity index (χ4v) is 2.79. The molecule has 8 heteroatoms. The smallest absolute Gasteiger partial charge is 0.342 e. The van der Waals surface area contributed by atoms with Gasteiger partial charge in [0, 0.05) is 0 Å². The summed E-state index contributed by atoms with van der Waals surface area (Å²) in [6, 6.07) is 8.50. The summed E-state index contributed by atoms with van der Waals surface area (Å²) in [6.45, 7) is 1.72. The number of nitriles is 1. The lowest BCUT2D eigenvalue weighted by Gasteiger charge is -2.24. The van der Waals surface area contributed by atoms with Gasteiger partial charge in [-0.1, -0.05) is 12.1 Å². The van der Waals surface area contributed by atoms with Crippen molar-refractivity contribution in [3.05, 3.63) is 52.5 Å². The lowest BCUT2D eigenvalue weighted by atomic mass is 9.84. The lowest BCUT2D eigenvalue weighted by molar-refractivity contribution is 0.243. The van der Waals surface area contributed by atoms with Crippen molar-refractivity contribution in [2.24, 2.45) is 11.5 Å². The standard InChI is InChI=1S/C16H15N5O3/c1-8-12-13(9-3-5-10(23-2)6-4-9)11(7-17)14(18)24-15(12)21(20-8)16(19)22/h3-6,13H,18H2,1-2H3,(H2,19,22). The van der Waals surface area contributed by atoms with E-state index in [0.29, 0.717) is 17.0 Å². The van der Waals surface area contributed by atoms with E-state index in [1.807, 2.05) is 12.1 Å². The lowest BCUT2D eigenvalue weighted by Crippen LogP contribution is -2.26. The minimum absolute atomic E-state index is 0.0757. The van der Waals surface area contributed by atoms with Gasteiger partial charge in [-0.15, -0.1) is 4.68 Å². The van der Waals surface area contributed by atoms with Crippen LogP contribution in [0.25, 0.3) is 0 Å². The Labute approximate surface area is 137 Å². The zero-order valence-corrected chi connectivity index (χ0v) is 13.1. The Balaban J connectivity index is 2.23. The van der Waals surface area contributed by atoms with Crippen LogP contribution in [0.2, 0.25) is 0 Å². The van der Waals surface area contributed by atoms with Crippen LogP contribution < -0.4 is 20.9 Å². The number of nitrogens with two attached hydrogens (primary N) is 2. The number of aryl methyl sites for hydroxylation is 1. The van der Waals surface area contributed by atoms with Crippen molar-refractivity contribution in [1.82, 2.24) is 9.78 Å².